The Morgan fingerprint density at radius 2 is 1.90 bits per heavy atom. The Labute approximate surface area is 61.1 Å². The first-order valence-electron chi connectivity index (χ1n) is 3.95. The highest BCUT2D eigenvalue weighted by Crippen LogP contribution is 2.27. The fourth-order valence-electron chi connectivity index (χ4n) is 2.01. The van der Waals surface area contributed by atoms with Gasteiger partial charge in [0, 0.05) is 18.8 Å². The van der Waals surface area contributed by atoms with Crippen molar-refractivity contribution < 1.29 is 4.74 Å². The lowest BCUT2D eigenvalue weighted by atomic mass is 10.2. The third kappa shape index (κ3) is 0.856. The van der Waals surface area contributed by atoms with Gasteiger partial charge in [-0.05, 0) is 12.8 Å². The maximum Gasteiger partial charge on any atom is 0.0623 e. The van der Waals surface area contributed by atoms with Gasteiger partial charge < -0.3 is 10.5 Å². The number of ether oxygens (including phenoxy) is 1. The molecule has 0 aromatic heterocycles. The van der Waals surface area contributed by atoms with Gasteiger partial charge in [-0.25, -0.2) is 0 Å². The molecule has 2 aliphatic rings. The van der Waals surface area contributed by atoms with Crippen molar-refractivity contribution in [1.82, 2.24) is 4.90 Å². The molecule has 2 atom stereocenters. The van der Waals surface area contributed by atoms with Crippen molar-refractivity contribution in [3.8, 4) is 0 Å². The van der Waals surface area contributed by atoms with Gasteiger partial charge in [-0.2, -0.15) is 0 Å². The highest BCUT2D eigenvalue weighted by Gasteiger charge is 2.35. The Hall–Kier alpha value is -0.120. The first-order chi connectivity index (χ1) is 4.92. The molecule has 2 bridgehead atoms. The molecule has 3 nitrogen and oxygen atoms in total. The Kier molecular flexibility index (Phi) is 1.64. The van der Waals surface area contributed by atoms with Gasteiger partial charge in [0.15, 0.2) is 0 Å². The first kappa shape index (κ1) is 6.58. The SMILES string of the molecule is NCN1C2CCC1COC2. The average molecular weight is 142 g/mol. The van der Waals surface area contributed by atoms with Gasteiger partial charge in [0.1, 0.15) is 0 Å². The summed E-state index contributed by atoms with van der Waals surface area (Å²) in [7, 11) is 0. The van der Waals surface area contributed by atoms with E-state index in [1.165, 1.54) is 12.8 Å². The largest absolute Gasteiger partial charge is 0.378 e. The van der Waals surface area contributed by atoms with Crippen LogP contribution in [0.5, 0.6) is 0 Å². The molecule has 2 N–H and O–H groups in total. The van der Waals surface area contributed by atoms with Crippen LogP contribution in [0.1, 0.15) is 12.8 Å². The molecule has 2 saturated heterocycles. The smallest absolute Gasteiger partial charge is 0.0623 e. The molecule has 3 heteroatoms. The lowest BCUT2D eigenvalue weighted by molar-refractivity contribution is -0.0130. The molecule has 0 amide bonds. The molecule has 0 aliphatic carbocycles. The molecule has 58 valence electrons. The molecule has 2 aliphatic heterocycles. The summed E-state index contributed by atoms with van der Waals surface area (Å²) in [6.07, 6.45) is 2.56. The number of fused-ring (bicyclic) bond motifs is 2. The van der Waals surface area contributed by atoms with Crippen LogP contribution >= 0.6 is 0 Å². The van der Waals surface area contributed by atoms with Crippen molar-refractivity contribution in [2.75, 3.05) is 19.9 Å². The zero-order valence-electron chi connectivity index (χ0n) is 6.12. The first-order valence-corrected chi connectivity index (χ1v) is 3.95. The van der Waals surface area contributed by atoms with E-state index in [4.69, 9.17) is 10.5 Å². The molecule has 2 rings (SSSR count). The molecule has 0 spiro atoms. The maximum absolute atomic E-state index is 5.59. The van der Waals surface area contributed by atoms with E-state index < -0.39 is 0 Å². The van der Waals surface area contributed by atoms with Gasteiger partial charge in [0.2, 0.25) is 0 Å². The zero-order chi connectivity index (χ0) is 6.97. The summed E-state index contributed by atoms with van der Waals surface area (Å²) < 4.78 is 5.39. The monoisotopic (exact) mass is 142 g/mol. The number of nitrogens with zero attached hydrogens (tertiary/aromatic N) is 1. The Morgan fingerprint density at radius 3 is 2.30 bits per heavy atom. The standard InChI is InChI=1S/C7H14N2O/c8-5-9-6-1-2-7(9)4-10-3-6/h6-7H,1-5,8H2. The lowest BCUT2D eigenvalue weighted by Crippen LogP contribution is -2.48. The van der Waals surface area contributed by atoms with Crippen LogP contribution in [0.3, 0.4) is 0 Å². The number of morpholine rings is 1. The van der Waals surface area contributed by atoms with Crippen LogP contribution in [0.25, 0.3) is 0 Å². The summed E-state index contributed by atoms with van der Waals surface area (Å²) >= 11 is 0. The van der Waals surface area contributed by atoms with Crippen LogP contribution in [0, 0.1) is 0 Å². The summed E-state index contributed by atoms with van der Waals surface area (Å²) in [5, 5.41) is 0. The van der Waals surface area contributed by atoms with E-state index in [-0.39, 0.29) is 0 Å². The predicted molar refractivity (Wildman–Crippen MR) is 38.5 cm³/mol. The summed E-state index contributed by atoms with van der Waals surface area (Å²) in [5.41, 5.74) is 5.59. The van der Waals surface area contributed by atoms with Crippen LogP contribution < -0.4 is 5.73 Å². The minimum Gasteiger partial charge on any atom is -0.378 e. The molecule has 10 heavy (non-hydrogen) atoms. The minimum absolute atomic E-state index is 0.628. The lowest BCUT2D eigenvalue weighted by Gasteiger charge is -2.32. The van der Waals surface area contributed by atoms with Gasteiger partial charge in [-0.1, -0.05) is 0 Å². The molecule has 0 aromatic carbocycles. The second kappa shape index (κ2) is 2.49. The maximum atomic E-state index is 5.59. The number of nitrogens with two attached hydrogens (primary N) is 1. The minimum atomic E-state index is 0.628. The number of hydrogen-bond donors (Lipinski definition) is 1. The van der Waals surface area contributed by atoms with Crippen molar-refractivity contribution >= 4 is 0 Å². The number of hydrogen-bond acceptors (Lipinski definition) is 3. The van der Waals surface area contributed by atoms with E-state index >= 15 is 0 Å². The van der Waals surface area contributed by atoms with Gasteiger partial charge in [-0.15, -0.1) is 0 Å². The van der Waals surface area contributed by atoms with Crippen LogP contribution in [-0.2, 0) is 4.74 Å². The molecule has 0 radical (unpaired) electrons. The van der Waals surface area contributed by atoms with Crippen molar-refractivity contribution in [2.24, 2.45) is 5.73 Å². The van der Waals surface area contributed by atoms with Crippen LogP contribution in [0.2, 0.25) is 0 Å². The van der Waals surface area contributed by atoms with E-state index in [1.54, 1.807) is 0 Å². The average Bonchev–Trinajstić information content (AvgIpc) is 2.19. The second-order valence-electron chi connectivity index (χ2n) is 3.12. The van der Waals surface area contributed by atoms with E-state index in [1.807, 2.05) is 0 Å². The Bertz CT molecular complexity index is 113. The Morgan fingerprint density at radius 1 is 1.30 bits per heavy atom. The molecule has 2 heterocycles. The summed E-state index contributed by atoms with van der Waals surface area (Å²) in [6.45, 7) is 2.50. The van der Waals surface area contributed by atoms with Gasteiger partial charge in [-0.3, -0.25) is 4.90 Å². The second-order valence-corrected chi connectivity index (χ2v) is 3.12. The molecule has 2 fully saturated rings. The summed E-state index contributed by atoms with van der Waals surface area (Å²) in [5.74, 6) is 0. The van der Waals surface area contributed by atoms with Crippen LogP contribution in [0.15, 0.2) is 0 Å². The fourth-order valence-corrected chi connectivity index (χ4v) is 2.01. The van der Waals surface area contributed by atoms with E-state index in [9.17, 15) is 0 Å². The summed E-state index contributed by atoms with van der Waals surface area (Å²) in [6, 6.07) is 1.26. The normalized spacial score (nSPS) is 40.5. The topological polar surface area (TPSA) is 38.5 Å². The zero-order valence-corrected chi connectivity index (χ0v) is 6.12. The van der Waals surface area contributed by atoms with Gasteiger partial charge >= 0.3 is 0 Å². The van der Waals surface area contributed by atoms with E-state index in [0.717, 1.165) is 13.2 Å². The Balaban J connectivity index is 2.06. The van der Waals surface area contributed by atoms with E-state index in [0.29, 0.717) is 18.8 Å². The number of rotatable bonds is 1. The van der Waals surface area contributed by atoms with Crippen molar-refractivity contribution in [1.29, 1.82) is 0 Å². The van der Waals surface area contributed by atoms with Crippen LogP contribution in [0.4, 0.5) is 0 Å². The molecule has 0 saturated carbocycles. The molecule has 0 aromatic rings. The molecular weight excluding hydrogens is 128 g/mol. The van der Waals surface area contributed by atoms with Crippen molar-refractivity contribution in [2.45, 2.75) is 24.9 Å². The van der Waals surface area contributed by atoms with Crippen molar-refractivity contribution in [3.05, 3.63) is 0 Å². The highest BCUT2D eigenvalue weighted by molar-refractivity contribution is 4.89. The predicted octanol–water partition coefficient (Wildman–Crippen LogP) is -0.234. The quantitative estimate of drug-likeness (QED) is 0.549. The van der Waals surface area contributed by atoms with Gasteiger partial charge in [0.25, 0.3) is 0 Å². The van der Waals surface area contributed by atoms with E-state index in [2.05, 4.69) is 4.90 Å². The third-order valence-corrected chi connectivity index (χ3v) is 2.60. The highest BCUT2D eigenvalue weighted by atomic mass is 16.5. The third-order valence-electron chi connectivity index (χ3n) is 2.60. The molecule has 2 unspecified atom stereocenters. The van der Waals surface area contributed by atoms with Crippen molar-refractivity contribution in [3.63, 3.8) is 0 Å². The van der Waals surface area contributed by atoms with Gasteiger partial charge in [0.05, 0.1) is 13.2 Å². The fraction of sp³-hybridized carbons (Fsp3) is 1.00. The molecular formula is C7H14N2O. The van der Waals surface area contributed by atoms with Crippen LogP contribution in [-0.4, -0.2) is 36.9 Å². The summed E-state index contributed by atoms with van der Waals surface area (Å²) in [4.78, 5) is 2.36.